The van der Waals surface area contributed by atoms with Crippen molar-refractivity contribution in [2.45, 2.75) is 12.2 Å². The molecular weight excluding hydrogens is 284 g/mol. The monoisotopic (exact) mass is 302 g/mol. The SMILES string of the molecule is CC1CN(c2cc(/C(N)=N/O)c3ccccc3n2)CCS1. The number of hydrogen-bond donors (Lipinski definition) is 2. The molecule has 1 aromatic heterocycles. The van der Waals surface area contributed by atoms with Gasteiger partial charge < -0.3 is 15.8 Å². The summed E-state index contributed by atoms with van der Waals surface area (Å²) in [7, 11) is 0. The number of nitrogens with two attached hydrogens (primary N) is 1. The summed E-state index contributed by atoms with van der Waals surface area (Å²) >= 11 is 1.98. The van der Waals surface area contributed by atoms with Crippen LogP contribution in [-0.2, 0) is 0 Å². The van der Waals surface area contributed by atoms with Crippen LogP contribution in [0, 0.1) is 0 Å². The van der Waals surface area contributed by atoms with E-state index in [9.17, 15) is 0 Å². The van der Waals surface area contributed by atoms with E-state index in [-0.39, 0.29) is 5.84 Å². The number of fused-ring (bicyclic) bond motifs is 1. The highest BCUT2D eigenvalue weighted by atomic mass is 32.2. The van der Waals surface area contributed by atoms with Gasteiger partial charge in [-0.3, -0.25) is 0 Å². The Hall–Kier alpha value is -1.95. The zero-order valence-electron chi connectivity index (χ0n) is 11.9. The van der Waals surface area contributed by atoms with Gasteiger partial charge in [-0.25, -0.2) is 4.98 Å². The van der Waals surface area contributed by atoms with Crippen molar-refractivity contribution in [3.8, 4) is 0 Å². The van der Waals surface area contributed by atoms with Gasteiger partial charge in [0, 0.05) is 35.0 Å². The summed E-state index contributed by atoms with van der Waals surface area (Å²) in [6, 6.07) is 9.69. The minimum absolute atomic E-state index is 0.120. The summed E-state index contributed by atoms with van der Waals surface area (Å²) < 4.78 is 0. The molecule has 0 radical (unpaired) electrons. The molecule has 0 bridgehead atoms. The van der Waals surface area contributed by atoms with Crippen LogP contribution in [0.2, 0.25) is 0 Å². The number of nitrogens with zero attached hydrogens (tertiary/aromatic N) is 3. The maximum absolute atomic E-state index is 9.02. The lowest BCUT2D eigenvalue weighted by atomic mass is 10.1. The maximum Gasteiger partial charge on any atom is 0.170 e. The number of pyridine rings is 1. The minimum atomic E-state index is 0.120. The van der Waals surface area contributed by atoms with Gasteiger partial charge in [0.1, 0.15) is 5.82 Å². The third-order valence-electron chi connectivity index (χ3n) is 3.65. The molecule has 3 rings (SSSR count). The van der Waals surface area contributed by atoms with Crippen LogP contribution >= 0.6 is 11.8 Å². The molecule has 0 amide bonds. The molecule has 6 heteroatoms. The number of hydrogen-bond acceptors (Lipinski definition) is 5. The number of amidine groups is 1. The Morgan fingerprint density at radius 3 is 3.05 bits per heavy atom. The van der Waals surface area contributed by atoms with Crippen molar-refractivity contribution in [3.05, 3.63) is 35.9 Å². The second kappa shape index (κ2) is 5.81. The first-order chi connectivity index (χ1) is 10.2. The molecule has 1 atom stereocenters. The van der Waals surface area contributed by atoms with E-state index >= 15 is 0 Å². The highest BCUT2D eigenvalue weighted by molar-refractivity contribution is 8.00. The van der Waals surface area contributed by atoms with Crippen molar-refractivity contribution in [1.29, 1.82) is 0 Å². The number of anilines is 1. The standard InChI is InChI=1S/C15H18N4OS/c1-10-9-19(6-7-21-10)14-8-12(15(16)18-20)11-4-2-3-5-13(11)17-14/h2-5,8,10,20H,6-7,9H2,1H3,(H2,16,18). The van der Waals surface area contributed by atoms with Gasteiger partial charge in [-0.05, 0) is 12.1 Å². The highest BCUT2D eigenvalue weighted by Gasteiger charge is 2.20. The fourth-order valence-corrected chi connectivity index (χ4v) is 3.63. The molecule has 1 aliphatic rings. The van der Waals surface area contributed by atoms with Crippen molar-refractivity contribution < 1.29 is 5.21 Å². The van der Waals surface area contributed by atoms with Gasteiger partial charge in [0.2, 0.25) is 0 Å². The number of para-hydroxylation sites is 1. The molecule has 0 aliphatic carbocycles. The van der Waals surface area contributed by atoms with Crippen molar-refractivity contribution in [1.82, 2.24) is 4.98 Å². The van der Waals surface area contributed by atoms with E-state index in [0.717, 1.165) is 41.1 Å². The molecule has 1 aromatic carbocycles. The molecule has 0 saturated carbocycles. The molecular formula is C15H18N4OS. The summed E-state index contributed by atoms with van der Waals surface area (Å²) in [5.41, 5.74) is 7.42. The van der Waals surface area contributed by atoms with Crippen LogP contribution in [0.4, 0.5) is 5.82 Å². The van der Waals surface area contributed by atoms with Gasteiger partial charge in [0.05, 0.1) is 5.52 Å². The second-order valence-corrected chi connectivity index (χ2v) is 6.70. The predicted octanol–water partition coefficient (Wildman–Crippen LogP) is 2.27. The molecule has 1 aliphatic heterocycles. The number of aromatic nitrogens is 1. The van der Waals surface area contributed by atoms with Crippen LogP contribution < -0.4 is 10.6 Å². The fourth-order valence-electron chi connectivity index (χ4n) is 2.62. The van der Waals surface area contributed by atoms with Crippen molar-refractivity contribution in [2.75, 3.05) is 23.7 Å². The molecule has 1 saturated heterocycles. The average molecular weight is 302 g/mol. The van der Waals surface area contributed by atoms with Crippen molar-refractivity contribution >= 4 is 34.3 Å². The lowest BCUT2D eigenvalue weighted by Gasteiger charge is -2.32. The summed E-state index contributed by atoms with van der Waals surface area (Å²) in [4.78, 5) is 7.00. The largest absolute Gasteiger partial charge is 0.409 e. The van der Waals surface area contributed by atoms with Crippen LogP contribution in [0.25, 0.3) is 10.9 Å². The van der Waals surface area contributed by atoms with Gasteiger partial charge >= 0.3 is 0 Å². The van der Waals surface area contributed by atoms with E-state index in [2.05, 4.69) is 17.0 Å². The number of rotatable bonds is 2. The predicted molar refractivity (Wildman–Crippen MR) is 88.4 cm³/mol. The zero-order valence-corrected chi connectivity index (χ0v) is 12.7. The second-order valence-electron chi connectivity index (χ2n) is 5.16. The van der Waals surface area contributed by atoms with Gasteiger partial charge in [-0.1, -0.05) is 30.3 Å². The maximum atomic E-state index is 9.02. The van der Waals surface area contributed by atoms with Crippen molar-refractivity contribution in [3.63, 3.8) is 0 Å². The quantitative estimate of drug-likeness (QED) is 0.385. The van der Waals surface area contributed by atoms with Crippen LogP contribution in [0.15, 0.2) is 35.5 Å². The van der Waals surface area contributed by atoms with E-state index < -0.39 is 0 Å². The molecule has 0 spiro atoms. The molecule has 21 heavy (non-hydrogen) atoms. The van der Waals surface area contributed by atoms with Crippen LogP contribution in [0.5, 0.6) is 0 Å². The Balaban J connectivity index is 2.11. The Morgan fingerprint density at radius 2 is 2.29 bits per heavy atom. The summed E-state index contributed by atoms with van der Waals surface area (Å²) in [5, 5.41) is 13.7. The van der Waals surface area contributed by atoms with Crippen molar-refractivity contribution in [2.24, 2.45) is 10.9 Å². The highest BCUT2D eigenvalue weighted by Crippen LogP contribution is 2.26. The molecule has 2 heterocycles. The lowest BCUT2D eigenvalue weighted by Crippen LogP contribution is -2.37. The minimum Gasteiger partial charge on any atom is -0.409 e. The molecule has 110 valence electrons. The third-order valence-corrected chi connectivity index (χ3v) is 4.79. The third kappa shape index (κ3) is 2.76. The zero-order chi connectivity index (χ0) is 14.8. The van der Waals surface area contributed by atoms with E-state index in [1.54, 1.807) is 0 Å². The Morgan fingerprint density at radius 1 is 1.48 bits per heavy atom. The number of oxime groups is 1. The number of thioether (sulfide) groups is 1. The molecule has 2 aromatic rings. The summed E-state index contributed by atoms with van der Waals surface area (Å²) in [6.07, 6.45) is 0. The van der Waals surface area contributed by atoms with Gasteiger partial charge in [0.25, 0.3) is 0 Å². The van der Waals surface area contributed by atoms with Gasteiger partial charge in [-0.15, -0.1) is 0 Å². The van der Waals surface area contributed by atoms with E-state index in [4.69, 9.17) is 15.9 Å². The fraction of sp³-hybridized carbons (Fsp3) is 0.333. The van der Waals surface area contributed by atoms with E-state index in [1.807, 2.05) is 42.1 Å². The Labute approximate surface area is 127 Å². The van der Waals surface area contributed by atoms with Gasteiger partial charge in [-0.2, -0.15) is 11.8 Å². The Bertz CT molecular complexity index is 688. The first-order valence-corrected chi connectivity index (χ1v) is 7.98. The first kappa shape index (κ1) is 14.0. The van der Waals surface area contributed by atoms with Gasteiger partial charge in [0.15, 0.2) is 5.84 Å². The molecule has 5 nitrogen and oxygen atoms in total. The Kier molecular flexibility index (Phi) is 3.88. The first-order valence-electron chi connectivity index (χ1n) is 6.93. The normalized spacial score (nSPS) is 20.0. The number of benzene rings is 1. The van der Waals surface area contributed by atoms with E-state index in [0.29, 0.717) is 5.25 Å². The molecule has 3 N–H and O–H groups in total. The smallest absolute Gasteiger partial charge is 0.170 e. The van der Waals surface area contributed by atoms with Crippen LogP contribution in [0.1, 0.15) is 12.5 Å². The molecule has 1 unspecified atom stereocenters. The van der Waals surface area contributed by atoms with Crippen LogP contribution in [-0.4, -0.2) is 40.1 Å². The topological polar surface area (TPSA) is 74.7 Å². The summed E-state index contributed by atoms with van der Waals surface area (Å²) in [6.45, 7) is 4.16. The molecule has 1 fully saturated rings. The average Bonchev–Trinajstić information content (AvgIpc) is 2.53. The lowest BCUT2D eigenvalue weighted by molar-refractivity contribution is 0.318. The summed E-state index contributed by atoms with van der Waals surface area (Å²) in [5.74, 6) is 2.10. The van der Waals surface area contributed by atoms with E-state index in [1.165, 1.54) is 0 Å². The van der Waals surface area contributed by atoms with Crippen LogP contribution in [0.3, 0.4) is 0 Å².